The van der Waals surface area contributed by atoms with Gasteiger partial charge >= 0.3 is 0 Å². The minimum absolute atomic E-state index is 0.210. The highest BCUT2D eigenvalue weighted by molar-refractivity contribution is 5.83. The molecule has 3 rings (SSSR count). The molecule has 1 fully saturated rings. The molecule has 3 N–H and O–H groups in total. The molecule has 1 aliphatic carbocycles. The van der Waals surface area contributed by atoms with Crippen molar-refractivity contribution in [2.24, 2.45) is 7.05 Å². The minimum atomic E-state index is -0.785. The lowest BCUT2D eigenvalue weighted by molar-refractivity contribution is -0.0245. The van der Waals surface area contributed by atoms with Crippen LogP contribution in [0, 0.1) is 0 Å². The number of nitrogens with two attached hydrogens (primary N) is 1. The standard InChI is InChI=1S/C13H18N4O2/c1-13(18)5-3-4-10(13)19-9-6-11(14)16-12-8(9)7-15-17(12)2/h6-7,10,18H,3-5H2,1-2H3,(H2,14,16). The number of pyridine rings is 1. The Morgan fingerprint density at radius 1 is 1.58 bits per heavy atom. The first kappa shape index (κ1) is 12.2. The molecule has 0 aliphatic heterocycles. The number of aliphatic hydroxyl groups is 1. The summed E-state index contributed by atoms with van der Waals surface area (Å²) in [6.45, 7) is 1.82. The summed E-state index contributed by atoms with van der Waals surface area (Å²) >= 11 is 0. The topological polar surface area (TPSA) is 86.2 Å². The van der Waals surface area contributed by atoms with Crippen molar-refractivity contribution in [2.45, 2.75) is 37.9 Å². The normalized spacial score (nSPS) is 27.0. The number of aromatic nitrogens is 3. The molecule has 102 valence electrons. The highest BCUT2D eigenvalue weighted by Crippen LogP contribution is 2.35. The maximum Gasteiger partial charge on any atom is 0.163 e. The first-order valence-corrected chi connectivity index (χ1v) is 6.44. The Labute approximate surface area is 111 Å². The van der Waals surface area contributed by atoms with Crippen molar-refractivity contribution in [2.75, 3.05) is 5.73 Å². The molecule has 1 saturated carbocycles. The van der Waals surface area contributed by atoms with E-state index in [1.165, 1.54) is 0 Å². The fourth-order valence-corrected chi connectivity index (χ4v) is 2.66. The SMILES string of the molecule is Cn1ncc2c(OC3CCCC3(C)O)cc(N)nc21. The monoisotopic (exact) mass is 262 g/mol. The predicted octanol–water partition coefficient (Wildman–Crippen LogP) is 1.23. The van der Waals surface area contributed by atoms with E-state index in [1.807, 2.05) is 14.0 Å². The van der Waals surface area contributed by atoms with E-state index in [0.717, 1.165) is 24.6 Å². The van der Waals surface area contributed by atoms with Crippen LogP contribution in [0.3, 0.4) is 0 Å². The van der Waals surface area contributed by atoms with Crippen LogP contribution < -0.4 is 10.5 Å². The van der Waals surface area contributed by atoms with Gasteiger partial charge in [0.2, 0.25) is 0 Å². The van der Waals surface area contributed by atoms with Crippen LogP contribution in [0.15, 0.2) is 12.3 Å². The highest BCUT2D eigenvalue weighted by atomic mass is 16.5. The number of hydrogen-bond donors (Lipinski definition) is 2. The van der Waals surface area contributed by atoms with E-state index in [0.29, 0.717) is 17.2 Å². The Hall–Kier alpha value is -1.82. The molecule has 0 radical (unpaired) electrons. The summed E-state index contributed by atoms with van der Waals surface area (Å²) in [4.78, 5) is 4.24. The Morgan fingerprint density at radius 2 is 2.37 bits per heavy atom. The quantitative estimate of drug-likeness (QED) is 0.850. The number of aryl methyl sites for hydroxylation is 1. The van der Waals surface area contributed by atoms with E-state index in [4.69, 9.17) is 10.5 Å². The molecule has 2 aromatic rings. The Bertz CT molecular complexity index is 620. The van der Waals surface area contributed by atoms with Crippen molar-refractivity contribution in [3.8, 4) is 5.75 Å². The largest absolute Gasteiger partial charge is 0.486 e. The van der Waals surface area contributed by atoms with Crippen molar-refractivity contribution in [1.82, 2.24) is 14.8 Å². The molecule has 0 aromatic carbocycles. The van der Waals surface area contributed by atoms with Gasteiger partial charge in [-0.3, -0.25) is 4.68 Å². The molecule has 2 atom stereocenters. The van der Waals surface area contributed by atoms with E-state index in [2.05, 4.69) is 10.1 Å². The van der Waals surface area contributed by atoms with Crippen LogP contribution in [0.25, 0.3) is 11.0 Å². The van der Waals surface area contributed by atoms with Crippen molar-refractivity contribution < 1.29 is 9.84 Å². The van der Waals surface area contributed by atoms with Gasteiger partial charge in [-0.1, -0.05) is 0 Å². The second-order valence-electron chi connectivity index (χ2n) is 5.41. The van der Waals surface area contributed by atoms with E-state index >= 15 is 0 Å². The van der Waals surface area contributed by atoms with Gasteiger partial charge in [-0.05, 0) is 26.2 Å². The summed E-state index contributed by atoms with van der Waals surface area (Å²) < 4.78 is 7.63. The molecule has 6 heteroatoms. The smallest absolute Gasteiger partial charge is 0.163 e. The molecule has 0 spiro atoms. The molecule has 0 amide bonds. The van der Waals surface area contributed by atoms with Gasteiger partial charge in [0, 0.05) is 13.1 Å². The van der Waals surface area contributed by atoms with Crippen LogP contribution in [-0.2, 0) is 7.05 Å². The van der Waals surface area contributed by atoms with E-state index < -0.39 is 5.60 Å². The van der Waals surface area contributed by atoms with E-state index in [-0.39, 0.29) is 6.10 Å². The van der Waals surface area contributed by atoms with Gasteiger partial charge in [0.05, 0.1) is 17.2 Å². The molecule has 2 heterocycles. The van der Waals surface area contributed by atoms with Crippen molar-refractivity contribution in [3.05, 3.63) is 12.3 Å². The van der Waals surface area contributed by atoms with Gasteiger partial charge in [0.15, 0.2) is 5.65 Å². The molecule has 0 saturated heterocycles. The number of fused-ring (bicyclic) bond motifs is 1. The molecule has 6 nitrogen and oxygen atoms in total. The zero-order valence-corrected chi connectivity index (χ0v) is 11.1. The third-order valence-corrected chi connectivity index (χ3v) is 3.80. The zero-order valence-electron chi connectivity index (χ0n) is 11.1. The molecule has 19 heavy (non-hydrogen) atoms. The Balaban J connectivity index is 2.01. The van der Waals surface area contributed by atoms with E-state index in [1.54, 1.807) is 16.9 Å². The average Bonchev–Trinajstić information content (AvgIpc) is 2.84. The number of nitrogens with zero attached hydrogens (tertiary/aromatic N) is 3. The predicted molar refractivity (Wildman–Crippen MR) is 71.8 cm³/mol. The summed E-state index contributed by atoms with van der Waals surface area (Å²) in [5, 5.41) is 15.3. The van der Waals surface area contributed by atoms with Crippen molar-refractivity contribution in [3.63, 3.8) is 0 Å². The number of nitrogen functional groups attached to an aromatic ring is 1. The van der Waals surface area contributed by atoms with Gasteiger partial charge in [0.1, 0.15) is 17.7 Å². The molecular formula is C13H18N4O2. The second kappa shape index (κ2) is 4.09. The lowest BCUT2D eigenvalue weighted by Crippen LogP contribution is -2.37. The van der Waals surface area contributed by atoms with Crippen molar-refractivity contribution >= 4 is 16.9 Å². The summed E-state index contributed by atoms with van der Waals surface area (Å²) in [5.41, 5.74) is 5.70. The van der Waals surface area contributed by atoms with Crippen LogP contribution in [0.4, 0.5) is 5.82 Å². The summed E-state index contributed by atoms with van der Waals surface area (Å²) in [6, 6.07) is 1.69. The van der Waals surface area contributed by atoms with Crippen LogP contribution in [0.2, 0.25) is 0 Å². The molecule has 2 aromatic heterocycles. The first-order chi connectivity index (χ1) is 8.97. The third kappa shape index (κ3) is 2.02. The number of rotatable bonds is 2. The average molecular weight is 262 g/mol. The Morgan fingerprint density at radius 3 is 3.05 bits per heavy atom. The lowest BCUT2D eigenvalue weighted by Gasteiger charge is -2.26. The van der Waals surface area contributed by atoms with Gasteiger partial charge in [-0.25, -0.2) is 4.98 Å². The summed E-state index contributed by atoms with van der Waals surface area (Å²) in [6.07, 6.45) is 4.07. The van der Waals surface area contributed by atoms with Crippen molar-refractivity contribution in [1.29, 1.82) is 0 Å². The number of hydrogen-bond acceptors (Lipinski definition) is 5. The molecule has 2 unspecified atom stereocenters. The summed E-state index contributed by atoms with van der Waals surface area (Å²) in [5.74, 6) is 1.03. The fraction of sp³-hybridized carbons (Fsp3) is 0.538. The molecule has 0 bridgehead atoms. The van der Waals surface area contributed by atoms with Gasteiger partial charge in [-0.2, -0.15) is 5.10 Å². The molecule has 1 aliphatic rings. The van der Waals surface area contributed by atoms with Gasteiger partial charge < -0.3 is 15.6 Å². The van der Waals surface area contributed by atoms with Crippen LogP contribution in [0.1, 0.15) is 26.2 Å². The van der Waals surface area contributed by atoms with Gasteiger partial charge in [-0.15, -0.1) is 0 Å². The summed E-state index contributed by atoms with van der Waals surface area (Å²) in [7, 11) is 1.81. The van der Waals surface area contributed by atoms with Crippen LogP contribution in [-0.4, -0.2) is 31.6 Å². The molecular weight excluding hydrogens is 244 g/mol. The van der Waals surface area contributed by atoms with E-state index in [9.17, 15) is 5.11 Å². The lowest BCUT2D eigenvalue weighted by atomic mass is 10.0. The van der Waals surface area contributed by atoms with Crippen LogP contribution in [0.5, 0.6) is 5.75 Å². The highest BCUT2D eigenvalue weighted by Gasteiger charge is 2.39. The number of ether oxygens (including phenoxy) is 1. The number of anilines is 1. The Kier molecular flexibility index (Phi) is 2.63. The minimum Gasteiger partial charge on any atom is -0.486 e. The van der Waals surface area contributed by atoms with Gasteiger partial charge in [0.25, 0.3) is 0 Å². The third-order valence-electron chi connectivity index (χ3n) is 3.80. The first-order valence-electron chi connectivity index (χ1n) is 6.44. The van der Waals surface area contributed by atoms with Crippen LogP contribution >= 0.6 is 0 Å². The second-order valence-corrected chi connectivity index (χ2v) is 5.41. The fourth-order valence-electron chi connectivity index (χ4n) is 2.66. The maximum absolute atomic E-state index is 10.3. The maximum atomic E-state index is 10.3. The zero-order chi connectivity index (χ0) is 13.6.